The highest BCUT2D eigenvalue weighted by atomic mass is 79.9. The van der Waals surface area contributed by atoms with Crippen molar-refractivity contribution in [3.63, 3.8) is 0 Å². The van der Waals surface area contributed by atoms with Crippen molar-refractivity contribution in [3.05, 3.63) is 51.9 Å². The first-order chi connectivity index (χ1) is 9.10. The normalized spacial score (nSPS) is 12.2. The number of nitrogens with zero attached hydrogens (tertiary/aromatic N) is 2. The Bertz CT molecular complexity index is 563. The summed E-state index contributed by atoms with van der Waals surface area (Å²) in [5, 5.41) is 17.6. The quantitative estimate of drug-likeness (QED) is 0.938. The van der Waals surface area contributed by atoms with Gasteiger partial charge in [0.2, 0.25) is 5.88 Å². The molecule has 0 radical (unpaired) electrons. The molecule has 19 heavy (non-hydrogen) atoms. The van der Waals surface area contributed by atoms with Crippen LogP contribution in [0, 0.1) is 5.82 Å². The highest BCUT2D eigenvalue weighted by molar-refractivity contribution is 9.10. The summed E-state index contributed by atoms with van der Waals surface area (Å²) in [6.45, 7) is 0. The number of aromatic nitrogens is 2. The number of hydrogen-bond acceptors (Lipinski definition) is 4. The Morgan fingerprint density at radius 1 is 1.32 bits per heavy atom. The van der Waals surface area contributed by atoms with Gasteiger partial charge in [0.1, 0.15) is 11.9 Å². The Hall–Kier alpha value is -1.53. The van der Waals surface area contributed by atoms with Gasteiger partial charge in [0, 0.05) is 17.0 Å². The molecule has 0 saturated carbocycles. The van der Waals surface area contributed by atoms with E-state index in [1.54, 1.807) is 24.3 Å². The molecule has 2 aromatic rings. The van der Waals surface area contributed by atoms with Crippen LogP contribution >= 0.6 is 15.9 Å². The van der Waals surface area contributed by atoms with E-state index in [0.717, 1.165) is 4.47 Å². The summed E-state index contributed by atoms with van der Waals surface area (Å²) in [5.74, 6) is 0.00769. The Labute approximate surface area is 118 Å². The van der Waals surface area contributed by atoms with Crippen molar-refractivity contribution < 1.29 is 14.2 Å². The van der Waals surface area contributed by atoms with Crippen LogP contribution in [0.25, 0.3) is 0 Å². The van der Waals surface area contributed by atoms with Crippen LogP contribution in [0.15, 0.2) is 34.8 Å². The van der Waals surface area contributed by atoms with E-state index in [1.165, 1.54) is 13.2 Å². The Morgan fingerprint density at radius 2 is 2.11 bits per heavy atom. The van der Waals surface area contributed by atoms with Gasteiger partial charge in [-0.25, -0.2) is 4.39 Å². The van der Waals surface area contributed by atoms with Crippen molar-refractivity contribution in [2.45, 2.75) is 12.5 Å². The largest absolute Gasteiger partial charge is 0.480 e. The molecule has 2 rings (SSSR count). The molecule has 0 amide bonds. The van der Waals surface area contributed by atoms with Crippen molar-refractivity contribution >= 4 is 15.9 Å². The number of halogens is 2. The molecule has 1 aromatic heterocycles. The van der Waals surface area contributed by atoms with Gasteiger partial charge in [-0.1, -0.05) is 15.9 Å². The monoisotopic (exact) mass is 326 g/mol. The third-order valence-electron chi connectivity index (χ3n) is 2.63. The topological polar surface area (TPSA) is 55.2 Å². The minimum atomic E-state index is -0.915. The zero-order chi connectivity index (χ0) is 13.8. The Kier molecular flexibility index (Phi) is 4.44. The minimum absolute atomic E-state index is 0.131. The predicted molar refractivity (Wildman–Crippen MR) is 71.3 cm³/mol. The summed E-state index contributed by atoms with van der Waals surface area (Å²) in [7, 11) is 1.48. The number of benzene rings is 1. The summed E-state index contributed by atoms with van der Waals surface area (Å²) in [6, 6.07) is 7.80. The number of ether oxygens (including phenoxy) is 1. The first-order valence-corrected chi connectivity index (χ1v) is 6.39. The van der Waals surface area contributed by atoms with E-state index >= 15 is 0 Å². The molecule has 1 N–H and O–H groups in total. The van der Waals surface area contributed by atoms with Gasteiger partial charge in [-0.3, -0.25) is 0 Å². The number of rotatable bonds is 4. The van der Waals surface area contributed by atoms with Crippen molar-refractivity contribution in [3.8, 4) is 5.88 Å². The molecule has 1 heterocycles. The number of hydrogen-bond donors (Lipinski definition) is 1. The molecule has 0 aliphatic carbocycles. The molecule has 4 nitrogen and oxygen atoms in total. The number of aliphatic hydroxyl groups excluding tert-OH is 1. The van der Waals surface area contributed by atoms with Crippen molar-refractivity contribution in [2.24, 2.45) is 0 Å². The van der Waals surface area contributed by atoms with E-state index in [-0.39, 0.29) is 12.2 Å². The maximum absolute atomic E-state index is 13.6. The predicted octanol–water partition coefficient (Wildman–Crippen LogP) is 2.66. The lowest BCUT2D eigenvalue weighted by Crippen LogP contribution is -2.07. The van der Waals surface area contributed by atoms with Crippen LogP contribution in [0.3, 0.4) is 0 Å². The first-order valence-electron chi connectivity index (χ1n) is 5.59. The van der Waals surface area contributed by atoms with Gasteiger partial charge in [-0.2, -0.15) is 0 Å². The average Bonchev–Trinajstić information content (AvgIpc) is 2.43. The van der Waals surface area contributed by atoms with E-state index in [0.29, 0.717) is 17.1 Å². The highest BCUT2D eigenvalue weighted by Crippen LogP contribution is 2.22. The van der Waals surface area contributed by atoms with E-state index in [4.69, 9.17) is 4.74 Å². The summed E-state index contributed by atoms with van der Waals surface area (Å²) in [4.78, 5) is 0. The lowest BCUT2D eigenvalue weighted by atomic mass is 10.1. The van der Waals surface area contributed by atoms with E-state index < -0.39 is 6.10 Å². The average molecular weight is 327 g/mol. The fraction of sp³-hybridized carbons (Fsp3) is 0.231. The molecule has 1 aromatic carbocycles. The van der Waals surface area contributed by atoms with Gasteiger partial charge in [-0.05, 0) is 29.8 Å². The first kappa shape index (κ1) is 13.9. The zero-order valence-corrected chi connectivity index (χ0v) is 11.8. The fourth-order valence-corrected chi connectivity index (χ4v) is 2.04. The maximum atomic E-state index is 13.6. The van der Waals surface area contributed by atoms with Crippen LogP contribution in [0.1, 0.15) is 17.4 Å². The molecule has 0 saturated heterocycles. The van der Waals surface area contributed by atoms with Gasteiger partial charge in [-0.15, -0.1) is 10.2 Å². The molecule has 0 aliphatic heterocycles. The second-order valence-corrected chi connectivity index (χ2v) is 4.87. The van der Waals surface area contributed by atoms with Crippen molar-refractivity contribution in [1.29, 1.82) is 0 Å². The van der Waals surface area contributed by atoms with Crippen molar-refractivity contribution in [2.75, 3.05) is 7.11 Å². The lowest BCUT2D eigenvalue weighted by molar-refractivity contribution is 0.170. The van der Waals surface area contributed by atoms with Gasteiger partial charge >= 0.3 is 0 Å². The van der Waals surface area contributed by atoms with Crippen LogP contribution in [0.4, 0.5) is 4.39 Å². The maximum Gasteiger partial charge on any atom is 0.233 e. The standard InChI is InChI=1S/C13H12BrFN2O2/c1-19-13-5-4-11(16-17-13)12(18)7-8-6-9(14)2-3-10(8)15/h2-6,12,18H,7H2,1H3. The van der Waals surface area contributed by atoms with Crippen LogP contribution in [-0.2, 0) is 6.42 Å². The molecule has 0 spiro atoms. The van der Waals surface area contributed by atoms with Crippen LogP contribution in [0.5, 0.6) is 5.88 Å². The summed E-state index contributed by atoms with van der Waals surface area (Å²) < 4.78 is 19.2. The minimum Gasteiger partial charge on any atom is -0.480 e. The lowest BCUT2D eigenvalue weighted by Gasteiger charge is -2.11. The van der Waals surface area contributed by atoms with Gasteiger partial charge in [0.15, 0.2) is 0 Å². The molecule has 1 unspecified atom stereocenters. The van der Waals surface area contributed by atoms with Crippen LogP contribution < -0.4 is 4.74 Å². The molecule has 0 aliphatic rings. The van der Waals surface area contributed by atoms with Gasteiger partial charge < -0.3 is 9.84 Å². The molecular formula is C13H12BrFN2O2. The van der Waals surface area contributed by atoms with E-state index in [1.807, 2.05) is 0 Å². The molecule has 100 valence electrons. The molecule has 0 bridgehead atoms. The van der Waals surface area contributed by atoms with Crippen molar-refractivity contribution in [1.82, 2.24) is 10.2 Å². The Morgan fingerprint density at radius 3 is 2.74 bits per heavy atom. The summed E-state index contributed by atoms with van der Waals surface area (Å²) in [6.07, 6.45) is -0.783. The highest BCUT2D eigenvalue weighted by Gasteiger charge is 2.14. The number of aliphatic hydroxyl groups is 1. The molecular weight excluding hydrogens is 315 g/mol. The Balaban J connectivity index is 2.15. The molecule has 6 heteroatoms. The van der Waals surface area contributed by atoms with Gasteiger partial charge in [0.25, 0.3) is 0 Å². The van der Waals surface area contributed by atoms with E-state index in [9.17, 15) is 9.50 Å². The zero-order valence-electron chi connectivity index (χ0n) is 10.2. The molecule has 0 fully saturated rings. The summed E-state index contributed by atoms with van der Waals surface area (Å²) >= 11 is 3.27. The third kappa shape index (κ3) is 3.48. The molecule has 1 atom stereocenters. The smallest absolute Gasteiger partial charge is 0.233 e. The second kappa shape index (κ2) is 6.08. The van der Waals surface area contributed by atoms with Crippen LogP contribution in [0.2, 0.25) is 0 Å². The fourth-order valence-electron chi connectivity index (χ4n) is 1.63. The van der Waals surface area contributed by atoms with Crippen LogP contribution in [-0.4, -0.2) is 22.4 Å². The van der Waals surface area contributed by atoms with E-state index in [2.05, 4.69) is 26.1 Å². The van der Waals surface area contributed by atoms with Gasteiger partial charge in [0.05, 0.1) is 12.8 Å². The SMILES string of the molecule is COc1ccc(C(O)Cc2cc(Br)ccc2F)nn1. The third-order valence-corrected chi connectivity index (χ3v) is 3.13. The summed E-state index contributed by atoms with van der Waals surface area (Å²) in [5.41, 5.74) is 0.791. The number of methoxy groups -OCH3 is 1. The second-order valence-electron chi connectivity index (χ2n) is 3.96.